The number of carbonyl (C=O) groups excluding carboxylic acids is 1. The summed E-state index contributed by atoms with van der Waals surface area (Å²) in [5.74, 6) is 0.905. The highest BCUT2D eigenvalue weighted by Crippen LogP contribution is 2.24. The predicted octanol–water partition coefficient (Wildman–Crippen LogP) is 1.66. The van der Waals surface area contributed by atoms with Gasteiger partial charge in [-0.2, -0.15) is 0 Å². The topological polar surface area (TPSA) is 55.1 Å². The van der Waals surface area contributed by atoms with Gasteiger partial charge in [0.05, 0.1) is 6.04 Å². The van der Waals surface area contributed by atoms with Crippen LogP contribution >= 0.6 is 0 Å². The predicted molar refractivity (Wildman–Crippen MR) is 62.4 cm³/mol. The number of nitrogens with one attached hydrogen (secondary N) is 1. The molecule has 88 valence electrons. The normalized spacial score (nSPS) is 29.9. The molecule has 1 saturated carbocycles. The van der Waals surface area contributed by atoms with Crippen molar-refractivity contribution in [2.45, 2.75) is 58.5 Å². The van der Waals surface area contributed by atoms with Gasteiger partial charge in [0, 0.05) is 6.04 Å². The molecular weight excluding hydrogens is 188 g/mol. The molecule has 0 heterocycles. The lowest BCUT2D eigenvalue weighted by atomic mass is 9.98. The van der Waals surface area contributed by atoms with Gasteiger partial charge < -0.3 is 11.1 Å². The van der Waals surface area contributed by atoms with Crippen molar-refractivity contribution in [2.75, 3.05) is 0 Å². The van der Waals surface area contributed by atoms with E-state index in [1.807, 2.05) is 6.92 Å². The van der Waals surface area contributed by atoms with E-state index >= 15 is 0 Å². The molecule has 0 bridgehead atoms. The van der Waals surface area contributed by atoms with Crippen LogP contribution in [0.2, 0.25) is 0 Å². The molecule has 2 unspecified atom stereocenters. The molecule has 1 rings (SSSR count). The van der Waals surface area contributed by atoms with Crippen molar-refractivity contribution < 1.29 is 4.79 Å². The van der Waals surface area contributed by atoms with E-state index in [0.29, 0.717) is 12.0 Å². The number of hydrogen-bond acceptors (Lipinski definition) is 2. The van der Waals surface area contributed by atoms with Crippen LogP contribution in [0, 0.1) is 11.8 Å². The Morgan fingerprint density at radius 3 is 2.67 bits per heavy atom. The molecule has 0 aromatic carbocycles. The second kappa shape index (κ2) is 5.50. The van der Waals surface area contributed by atoms with Gasteiger partial charge in [-0.15, -0.1) is 0 Å². The van der Waals surface area contributed by atoms with Gasteiger partial charge >= 0.3 is 0 Å². The Morgan fingerprint density at radius 1 is 1.53 bits per heavy atom. The van der Waals surface area contributed by atoms with Crippen molar-refractivity contribution in [1.29, 1.82) is 0 Å². The molecule has 0 saturated heterocycles. The fourth-order valence-corrected chi connectivity index (χ4v) is 2.15. The maximum absolute atomic E-state index is 11.8. The Hall–Kier alpha value is -0.570. The van der Waals surface area contributed by atoms with Gasteiger partial charge in [0.1, 0.15) is 0 Å². The van der Waals surface area contributed by atoms with E-state index in [4.69, 9.17) is 5.73 Å². The second-order valence-electron chi connectivity index (χ2n) is 4.93. The first-order chi connectivity index (χ1) is 7.06. The average molecular weight is 212 g/mol. The number of nitrogens with two attached hydrogens (primary N) is 1. The van der Waals surface area contributed by atoms with Crippen LogP contribution in [0.4, 0.5) is 0 Å². The van der Waals surface area contributed by atoms with E-state index in [1.165, 1.54) is 12.8 Å². The summed E-state index contributed by atoms with van der Waals surface area (Å²) in [7, 11) is 0. The van der Waals surface area contributed by atoms with Crippen molar-refractivity contribution >= 4 is 5.91 Å². The highest BCUT2D eigenvalue weighted by molar-refractivity contribution is 5.82. The van der Waals surface area contributed by atoms with Crippen LogP contribution in [0.15, 0.2) is 0 Å². The quantitative estimate of drug-likeness (QED) is 0.744. The van der Waals surface area contributed by atoms with Crippen LogP contribution in [0.25, 0.3) is 0 Å². The molecule has 1 fully saturated rings. The van der Waals surface area contributed by atoms with Gasteiger partial charge in [0.2, 0.25) is 5.91 Å². The summed E-state index contributed by atoms with van der Waals surface area (Å²) in [4.78, 5) is 11.8. The monoisotopic (exact) mass is 212 g/mol. The number of carbonyl (C=O) groups is 1. The van der Waals surface area contributed by atoms with Gasteiger partial charge in [-0.3, -0.25) is 4.79 Å². The van der Waals surface area contributed by atoms with Crippen LogP contribution in [0.1, 0.15) is 46.5 Å². The molecule has 3 nitrogen and oxygen atoms in total. The summed E-state index contributed by atoms with van der Waals surface area (Å²) in [6, 6.07) is 0.00964. The zero-order chi connectivity index (χ0) is 11.4. The fourth-order valence-electron chi connectivity index (χ4n) is 2.15. The molecule has 0 aromatic rings. The Morgan fingerprint density at radius 2 is 2.20 bits per heavy atom. The summed E-state index contributed by atoms with van der Waals surface area (Å²) in [6.07, 6.45) is 4.52. The third-order valence-corrected chi connectivity index (χ3v) is 3.75. The minimum atomic E-state index is -0.345. The molecule has 1 aliphatic carbocycles. The summed E-state index contributed by atoms with van der Waals surface area (Å²) in [5, 5.41) is 3.08. The Bertz CT molecular complexity index is 218. The van der Waals surface area contributed by atoms with Crippen LogP contribution in [-0.4, -0.2) is 18.0 Å². The molecule has 1 aliphatic rings. The summed E-state index contributed by atoms with van der Waals surface area (Å²) < 4.78 is 0. The van der Waals surface area contributed by atoms with E-state index in [-0.39, 0.29) is 17.9 Å². The molecule has 4 atom stereocenters. The van der Waals surface area contributed by atoms with E-state index < -0.39 is 0 Å². The first kappa shape index (κ1) is 12.5. The lowest BCUT2D eigenvalue weighted by Gasteiger charge is -2.22. The average Bonchev–Trinajstić information content (AvgIpc) is 2.62. The second-order valence-corrected chi connectivity index (χ2v) is 4.93. The van der Waals surface area contributed by atoms with E-state index in [0.717, 1.165) is 12.8 Å². The molecule has 0 spiro atoms. The van der Waals surface area contributed by atoms with Crippen molar-refractivity contribution in [2.24, 2.45) is 17.6 Å². The summed E-state index contributed by atoms with van der Waals surface area (Å²) in [6.45, 7) is 6.30. The maximum Gasteiger partial charge on any atom is 0.237 e. The standard InChI is InChI=1S/C12H24N2O/c1-4-8(2)11(13)12(15)14-10-7-5-6-9(10)3/h8-11H,4-7,13H2,1-3H3,(H,14,15)/t8-,9?,10?,11-/m0/s1. The Balaban J connectivity index is 2.40. The lowest BCUT2D eigenvalue weighted by molar-refractivity contribution is -0.124. The third-order valence-electron chi connectivity index (χ3n) is 3.75. The number of hydrogen-bond donors (Lipinski definition) is 2. The maximum atomic E-state index is 11.8. The van der Waals surface area contributed by atoms with Crippen molar-refractivity contribution in [3.63, 3.8) is 0 Å². The molecule has 15 heavy (non-hydrogen) atoms. The molecule has 1 amide bonds. The molecule has 0 aliphatic heterocycles. The van der Waals surface area contributed by atoms with Gasteiger partial charge in [-0.1, -0.05) is 33.6 Å². The minimum absolute atomic E-state index is 0.0306. The Labute approximate surface area is 92.8 Å². The molecule has 0 aromatic heterocycles. The van der Waals surface area contributed by atoms with Gasteiger partial charge in [-0.05, 0) is 24.7 Å². The van der Waals surface area contributed by atoms with E-state index in [9.17, 15) is 4.79 Å². The van der Waals surface area contributed by atoms with Crippen molar-refractivity contribution in [1.82, 2.24) is 5.32 Å². The highest BCUT2D eigenvalue weighted by Gasteiger charge is 2.27. The van der Waals surface area contributed by atoms with Gasteiger partial charge in [-0.25, -0.2) is 0 Å². The number of amides is 1. The lowest BCUT2D eigenvalue weighted by Crippen LogP contribution is -2.48. The van der Waals surface area contributed by atoms with Crippen molar-refractivity contribution in [3.05, 3.63) is 0 Å². The molecule has 3 heteroatoms. The van der Waals surface area contributed by atoms with E-state index in [2.05, 4.69) is 19.2 Å². The van der Waals surface area contributed by atoms with Crippen molar-refractivity contribution in [3.8, 4) is 0 Å². The van der Waals surface area contributed by atoms with Gasteiger partial charge in [0.15, 0.2) is 0 Å². The largest absolute Gasteiger partial charge is 0.352 e. The molecule has 0 radical (unpaired) electrons. The van der Waals surface area contributed by atoms with Crippen LogP contribution in [0.3, 0.4) is 0 Å². The van der Waals surface area contributed by atoms with Crippen LogP contribution < -0.4 is 11.1 Å². The zero-order valence-electron chi connectivity index (χ0n) is 10.1. The fraction of sp³-hybridized carbons (Fsp3) is 0.917. The third kappa shape index (κ3) is 3.20. The summed E-state index contributed by atoms with van der Waals surface area (Å²) >= 11 is 0. The first-order valence-corrected chi connectivity index (χ1v) is 6.12. The Kier molecular flexibility index (Phi) is 4.58. The smallest absolute Gasteiger partial charge is 0.237 e. The summed E-state index contributed by atoms with van der Waals surface area (Å²) in [5.41, 5.74) is 5.88. The molecule has 3 N–H and O–H groups in total. The highest BCUT2D eigenvalue weighted by atomic mass is 16.2. The van der Waals surface area contributed by atoms with Gasteiger partial charge in [0.25, 0.3) is 0 Å². The van der Waals surface area contributed by atoms with E-state index in [1.54, 1.807) is 0 Å². The first-order valence-electron chi connectivity index (χ1n) is 6.12. The van der Waals surface area contributed by atoms with Crippen LogP contribution in [0.5, 0.6) is 0 Å². The minimum Gasteiger partial charge on any atom is -0.352 e. The SMILES string of the molecule is CC[C@H](C)[C@H](N)C(=O)NC1CCCC1C. The van der Waals surface area contributed by atoms with Crippen LogP contribution in [-0.2, 0) is 4.79 Å². The molecular formula is C12H24N2O. The zero-order valence-corrected chi connectivity index (χ0v) is 10.1. The number of rotatable bonds is 4.